The van der Waals surface area contributed by atoms with Gasteiger partial charge in [0.2, 0.25) is 0 Å². The molecule has 104 valence electrons. The van der Waals surface area contributed by atoms with Gasteiger partial charge in [0.05, 0.1) is 0 Å². The van der Waals surface area contributed by atoms with E-state index in [1.165, 1.54) is 5.57 Å². The zero-order chi connectivity index (χ0) is 14.4. The second kappa shape index (κ2) is 7.04. The van der Waals surface area contributed by atoms with Crippen LogP contribution in [0.3, 0.4) is 0 Å². The molecule has 0 aromatic heterocycles. The van der Waals surface area contributed by atoms with E-state index in [-0.39, 0.29) is 0 Å². The molecule has 0 unspecified atom stereocenters. The first-order valence-electron chi connectivity index (χ1n) is 6.70. The van der Waals surface area contributed by atoms with Crippen molar-refractivity contribution in [2.75, 3.05) is 0 Å². The molecule has 0 bridgehead atoms. The minimum absolute atomic E-state index is 0.760. The van der Waals surface area contributed by atoms with Crippen molar-refractivity contribution in [3.63, 3.8) is 0 Å². The average molecular weight is 319 g/mol. The van der Waals surface area contributed by atoms with Gasteiger partial charge < -0.3 is 4.12 Å². The Morgan fingerprint density at radius 1 is 0.950 bits per heavy atom. The SMILES string of the molecule is CC(C)=C[SiH2]O[Si](Cl)(c1ccccc1)c1ccccc1. The van der Waals surface area contributed by atoms with Crippen LogP contribution >= 0.6 is 11.1 Å². The third-order valence-electron chi connectivity index (χ3n) is 3.06. The monoisotopic (exact) mass is 318 g/mol. The molecule has 0 atom stereocenters. The molecule has 2 aromatic rings. The molecule has 0 aliphatic rings. The molecule has 0 spiro atoms. The highest BCUT2D eigenvalue weighted by Gasteiger charge is 2.37. The fourth-order valence-electron chi connectivity index (χ4n) is 1.96. The van der Waals surface area contributed by atoms with E-state index in [0.717, 1.165) is 10.4 Å². The molecule has 0 amide bonds. The fourth-order valence-corrected chi connectivity index (χ4v) is 7.78. The highest BCUT2D eigenvalue weighted by Crippen LogP contribution is 2.12. The Labute approximate surface area is 129 Å². The minimum Gasteiger partial charge on any atom is -0.440 e. The molecule has 0 N–H and O–H groups in total. The fraction of sp³-hybridized carbons (Fsp3) is 0.125. The van der Waals surface area contributed by atoms with Crippen LogP contribution in [0.15, 0.2) is 71.9 Å². The summed E-state index contributed by atoms with van der Waals surface area (Å²) in [5.41, 5.74) is 3.50. The third-order valence-corrected chi connectivity index (χ3v) is 10.7. The van der Waals surface area contributed by atoms with Crippen LogP contribution in [0.25, 0.3) is 0 Å². The lowest BCUT2D eigenvalue weighted by Crippen LogP contribution is -2.56. The van der Waals surface area contributed by atoms with E-state index in [1.807, 2.05) is 36.4 Å². The largest absolute Gasteiger partial charge is 0.440 e. The standard InChI is InChI=1S/C16H19ClOSi2/c1-14(2)13-19-18-20(17,15-9-5-3-6-10-15)16-11-7-4-8-12-16/h3-13H,19H2,1-2H3. The van der Waals surface area contributed by atoms with E-state index < -0.39 is 17.4 Å². The second-order valence-corrected chi connectivity index (χ2v) is 10.8. The van der Waals surface area contributed by atoms with E-state index in [0.29, 0.717) is 0 Å². The summed E-state index contributed by atoms with van der Waals surface area (Å²) < 4.78 is 6.28. The van der Waals surface area contributed by atoms with Gasteiger partial charge in [0.25, 0.3) is 0 Å². The molecular formula is C16H19ClOSi2. The van der Waals surface area contributed by atoms with Crippen LogP contribution in [0.5, 0.6) is 0 Å². The van der Waals surface area contributed by atoms with Crippen LogP contribution in [-0.4, -0.2) is 17.4 Å². The van der Waals surface area contributed by atoms with Gasteiger partial charge in [0, 0.05) is 0 Å². The first-order chi connectivity index (χ1) is 9.63. The molecule has 0 aliphatic carbocycles. The van der Waals surface area contributed by atoms with Crippen LogP contribution in [-0.2, 0) is 4.12 Å². The summed E-state index contributed by atoms with van der Waals surface area (Å²) in [5.74, 6) is 0. The lowest BCUT2D eigenvalue weighted by molar-refractivity contribution is 0.637. The Morgan fingerprint density at radius 2 is 1.40 bits per heavy atom. The summed E-state index contributed by atoms with van der Waals surface area (Å²) in [6.07, 6.45) is 0. The van der Waals surface area contributed by atoms with Crippen LogP contribution in [0.2, 0.25) is 0 Å². The number of benzene rings is 2. The zero-order valence-electron chi connectivity index (χ0n) is 11.8. The molecule has 1 nitrogen and oxygen atoms in total. The topological polar surface area (TPSA) is 9.23 Å². The van der Waals surface area contributed by atoms with Crippen molar-refractivity contribution in [1.82, 2.24) is 0 Å². The van der Waals surface area contributed by atoms with Crippen LogP contribution < -0.4 is 10.4 Å². The first kappa shape index (κ1) is 15.3. The Balaban J connectivity index is 2.36. The van der Waals surface area contributed by atoms with Gasteiger partial charge in [-0.15, -0.1) is 11.1 Å². The van der Waals surface area contributed by atoms with Gasteiger partial charge in [-0.1, -0.05) is 71.9 Å². The highest BCUT2D eigenvalue weighted by molar-refractivity contribution is 7.31. The van der Waals surface area contributed by atoms with Gasteiger partial charge in [-0.05, 0) is 24.2 Å². The maximum absolute atomic E-state index is 7.00. The van der Waals surface area contributed by atoms with Crippen LogP contribution in [0, 0.1) is 0 Å². The molecular weight excluding hydrogens is 300 g/mol. The predicted molar refractivity (Wildman–Crippen MR) is 92.8 cm³/mol. The quantitative estimate of drug-likeness (QED) is 0.608. The van der Waals surface area contributed by atoms with Gasteiger partial charge in [-0.2, -0.15) is 0 Å². The number of rotatable bonds is 5. The van der Waals surface area contributed by atoms with Gasteiger partial charge in [-0.25, -0.2) is 0 Å². The van der Waals surface area contributed by atoms with Crippen molar-refractivity contribution in [2.24, 2.45) is 0 Å². The Morgan fingerprint density at radius 3 is 1.80 bits per heavy atom. The molecule has 4 heteroatoms. The third kappa shape index (κ3) is 3.70. The summed E-state index contributed by atoms with van der Waals surface area (Å²) in [7, 11) is -3.34. The van der Waals surface area contributed by atoms with Crippen LogP contribution in [0.4, 0.5) is 0 Å². The molecule has 0 radical (unpaired) electrons. The number of hydrogen-bond donors (Lipinski definition) is 0. The number of halogens is 1. The van der Waals surface area contributed by atoms with Crippen molar-refractivity contribution in [3.05, 3.63) is 71.9 Å². The molecule has 2 aromatic carbocycles. The smallest absolute Gasteiger partial charge is 0.345 e. The van der Waals surface area contributed by atoms with Crippen molar-refractivity contribution in [2.45, 2.75) is 13.8 Å². The Hall–Kier alpha value is -1.14. The number of hydrogen-bond acceptors (Lipinski definition) is 1. The van der Waals surface area contributed by atoms with Crippen molar-refractivity contribution >= 4 is 38.8 Å². The maximum atomic E-state index is 7.00. The van der Waals surface area contributed by atoms with E-state index in [2.05, 4.69) is 43.8 Å². The molecule has 0 heterocycles. The van der Waals surface area contributed by atoms with Crippen molar-refractivity contribution < 1.29 is 4.12 Å². The zero-order valence-corrected chi connectivity index (χ0v) is 15.0. The van der Waals surface area contributed by atoms with E-state index in [9.17, 15) is 0 Å². The van der Waals surface area contributed by atoms with Crippen LogP contribution in [0.1, 0.15) is 13.8 Å². The minimum atomic E-state index is -2.58. The van der Waals surface area contributed by atoms with Gasteiger partial charge >= 0.3 is 7.63 Å². The summed E-state index contributed by atoms with van der Waals surface area (Å²) in [6, 6.07) is 20.4. The average Bonchev–Trinajstić information content (AvgIpc) is 2.48. The van der Waals surface area contributed by atoms with Crippen molar-refractivity contribution in [1.29, 1.82) is 0 Å². The predicted octanol–water partition coefficient (Wildman–Crippen LogP) is 2.51. The van der Waals surface area contributed by atoms with Gasteiger partial charge in [-0.3, -0.25) is 0 Å². The number of allylic oxidation sites excluding steroid dienone is 1. The Kier molecular flexibility index (Phi) is 5.37. The van der Waals surface area contributed by atoms with E-state index >= 15 is 0 Å². The Bertz CT molecular complexity index is 526. The van der Waals surface area contributed by atoms with E-state index in [1.54, 1.807) is 0 Å². The second-order valence-electron chi connectivity index (χ2n) is 4.92. The maximum Gasteiger partial charge on any atom is 0.345 e. The van der Waals surface area contributed by atoms with Gasteiger partial charge in [0.1, 0.15) is 0 Å². The molecule has 0 aliphatic heterocycles. The van der Waals surface area contributed by atoms with Crippen molar-refractivity contribution in [3.8, 4) is 0 Å². The van der Waals surface area contributed by atoms with Gasteiger partial charge in [0.15, 0.2) is 9.76 Å². The summed E-state index contributed by atoms with van der Waals surface area (Å²) >= 11 is 7.00. The lowest BCUT2D eigenvalue weighted by Gasteiger charge is -2.25. The highest BCUT2D eigenvalue weighted by atomic mass is 35.6. The normalized spacial score (nSPS) is 11.8. The molecule has 20 heavy (non-hydrogen) atoms. The summed E-state index contributed by atoms with van der Waals surface area (Å²) in [5, 5.41) is 2.23. The summed E-state index contributed by atoms with van der Waals surface area (Å²) in [6.45, 7) is 4.19. The summed E-state index contributed by atoms with van der Waals surface area (Å²) in [4.78, 5) is 0. The molecule has 0 fully saturated rings. The molecule has 2 rings (SSSR count). The molecule has 0 saturated carbocycles. The van der Waals surface area contributed by atoms with E-state index in [4.69, 9.17) is 15.2 Å². The molecule has 0 saturated heterocycles. The lowest BCUT2D eigenvalue weighted by atomic mass is 10.4. The first-order valence-corrected chi connectivity index (χ1v) is 11.0.